The van der Waals surface area contributed by atoms with Crippen molar-refractivity contribution in [2.45, 2.75) is 31.8 Å². The van der Waals surface area contributed by atoms with E-state index in [1.165, 1.54) is 0 Å². The zero-order valence-electron chi connectivity index (χ0n) is 10.7. The summed E-state index contributed by atoms with van der Waals surface area (Å²) >= 11 is 3.30. The molecule has 5 heteroatoms. The van der Waals surface area contributed by atoms with Crippen LogP contribution in [0.2, 0.25) is 0 Å². The van der Waals surface area contributed by atoms with E-state index >= 15 is 0 Å². The second-order valence-electron chi connectivity index (χ2n) is 4.74. The largest absolute Gasteiger partial charge is 0.456 e. The standard InChI is InChI=1S/C14H16BrNO3/c1-9-2-7-12(16-9)14(18)19-8-13(17)10-3-5-11(15)6-4-10/h3-6,9,12,16H,2,7-8H2,1H3/t9-,12-/m0/s1. The number of rotatable bonds is 4. The molecule has 2 atom stereocenters. The Hall–Kier alpha value is -1.20. The molecule has 0 saturated carbocycles. The number of ketones is 1. The lowest BCUT2D eigenvalue weighted by atomic mass is 10.1. The first-order chi connectivity index (χ1) is 9.06. The normalized spacial score (nSPS) is 22.2. The minimum Gasteiger partial charge on any atom is -0.456 e. The summed E-state index contributed by atoms with van der Waals surface area (Å²) in [5, 5.41) is 3.13. The maximum Gasteiger partial charge on any atom is 0.323 e. The first-order valence-electron chi connectivity index (χ1n) is 6.27. The van der Waals surface area contributed by atoms with Crippen molar-refractivity contribution in [3.05, 3.63) is 34.3 Å². The van der Waals surface area contributed by atoms with Crippen molar-refractivity contribution in [1.82, 2.24) is 5.32 Å². The second-order valence-corrected chi connectivity index (χ2v) is 5.65. The van der Waals surface area contributed by atoms with Crippen molar-refractivity contribution in [1.29, 1.82) is 0 Å². The number of hydrogen-bond acceptors (Lipinski definition) is 4. The van der Waals surface area contributed by atoms with Gasteiger partial charge in [0.1, 0.15) is 6.04 Å². The number of halogens is 1. The van der Waals surface area contributed by atoms with Gasteiger partial charge < -0.3 is 10.1 Å². The van der Waals surface area contributed by atoms with Gasteiger partial charge in [0, 0.05) is 16.1 Å². The summed E-state index contributed by atoms with van der Waals surface area (Å²) in [5.74, 6) is -0.526. The number of ether oxygens (including phenoxy) is 1. The summed E-state index contributed by atoms with van der Waals surface area (Å²) in [6, 6.07) is 7.05. The smallest absolute Gasteiger partial charge is 0.323 e. The summed E-state index contributed by atoms with van der Waals surface area (Å²) in [6.07, 6.45) is 1.73. The van der Waals surface area contributed by atoms with Crippen LogP contribution >= 0.6 is 15.9 Å². The number of nitrogens with one attached hydrogen (secondary N) is 1. The van der Waals surface area contributed by atoms with Crippen LogP contribution in [-0.2, 0) is 9.53 Å². The SMILES string of the molecule is C[C@H]1CC[C@@H](C(=O)OCC(=O)c2ccc(Br)cc2)N1. The average molecular weight is 326 g/mol. The third-order valence-electron chi connectivity index (χ3n) is 3.17. The van der Waals surface area contributed by atoms with Gasteiger partial charge in [-0.05, 0) is 31.9 Å². The fourth-order valence-electron chi connectivity index (χ4n) is 2.07. The van der Waals surface area contributed by atoms with Gasteiger partial charge >= 0.3 is 5.97 Å². The number of benzene rings is 1. The van der Waals surface area contributed by atoms with Gasteiger partial charge in [-0.15, -0.1) is 0 Å². The van der Waals surface area contributed by atoms with E-state index in [0.29, 0.717) is 11.6 Å². The Morgan fingerprint density at radius 1 is 1.32 bits per heavy atom. The van der Waals surface area contributed by atoms with Crippen molar-refractivity contribution in [3.8, 4) is 0 Å². The predicted octanol–water partition coefficient (Wildman–Crippen LogP) is 2.32. The quantitative estimate of drug-likeness (QED) is 0.681. The maximum atomic E-state index is 11.8. The van der Waals surface area contributed by atoms with E-state index in [1.807, 2.05) is 6.92 Å². The fourth-order valence-corrected chi connectivity index (χ4v) is 2.33. The van der Waals surface area contributed by atoms with Crippen LogP contribution in [0.15, 0.2) is 28.7 Å². The Balaban J connectivity index is 1.83. The second kappa shape index (κ2) is 6.30. The zero-order chi connectivity index (χ0) is 13.8. The minimum absolute atomic E-state index is 0.188. The molecule has 1 heterocycles. The van der Waals surface area contributed by atoms with Crippen molar-refractivity contribution in [2.24, 2.45) is 0 Å². The molecule has 19 heavy (non-hydrogen) atoms. The van der Waals surface area contributed by atoms with Gasteiger partial charge in [0.05, 0.1) is 0 Å². The van der Waals surface area contributed by atoms with Crippen molar-refractivity contribution in [3.63, 3.8) is 0 Å². The fraction of sp³-hybridized carbons (Fsp3) is 0.429. The molecule has 1 aliphatic heterocycles. The average Bonchev–Trinajstić information content (AvgIpc) is 2.83. The number of Topliss-reactive ketones (excluding diaryl/α,β-unsaturated/α-hetero) is 1. The molecule has 102 valence electrons. The molecule has 1 aromatic rings. The van der Waals surface area contributed by atoms with E-state index in [1.54, 1.807) is 24.3 Å². The monoisotopic (exact) mass is 325 g/mol. The number of esters is 1. The van der Waals surface area contributed by atoms with E-state index in [0.717, 1.165) is 17.3 Å². The highest BCUT2D eigenvalue weighted by Gasteiger charge is 2.28. The zero-order valence-corrected chi connectivity index (χ0v) is 12.3. The van der Waals surface area contributed by atoms with E-state index in [9.17, 15) is 9.59 Å². The topological polar surface area (TPSA) is 55.4 Å². The third-order valence-corrected chi connectivity index (χ3v) is 3.70. The molecule has 1 aromatic carbocycles. The van der Waals surface area contributed by atoms with E-state index in [-0.39, 0.29) is 24.4 Å². The Morgan fingerprint density at radius 3 is 2.58 bits per heavy atom. The lowest BCUT2D eigenvalue weighted by Gasteiger charge is -2.11. The highest BCUT2D eigenvalue weighted by atomic mass is 79.9. The van der Waals surface area contributed by atoms with E-state index in [2.05, 4.69) is 21.2 Å². The molecule has 1 aliphatic rings. The van der Waals surface area contributed by atoms with Gasteiger partial charge in [-0.2, -0.15) is 0 Å². The van der Waals surface area contributed by atoms with Gasteiger partial charge in [-0.3, -0.25) is 9.59 Å². The molecule has 0 radical (unpaired) electrons. The van der Waals surface area contributed by atoms with Crippen LogP contribution < -0.4 is 5.32 Å². The molecule has 2 rings (SSSR count). The summed E-state index contributed by atoms with van der Waals surface area (Å²) in [4.78, 5) is 23.6. The molecule has 0 spiro atoms. The number of carbonyl (C=O) groups is 2. The Morgan fingerprint density at radius 2 is 2.00 bits per heavy atom. The van der Waals surface area contributed by atoms with Crippen LogP contribution in [-0.4, -0.2) is 30.4 Å². The van der Waals surface area contributed by atoms with E-state index in [4.69, 9.17) is 4.74 Å². The summed E-state index contributed by atoms with van der Waals surface area (Å²) in [5.41, 5.74) is 0.545. The molecule has 0 aromatic heterocycles. The van der Waals surface area contributed by atoms with Gasteiger partial charge in [0.2, 0.25) is 0 Å². The molecule has 0 aliphatic carbocycles. The highest BCUT2D eigenvalue weighted by Crippen LogP contribution is 2.14. The number of carbonyl (C=O) groups excluding carboxylic acids is 2. The molecule has 4 nitrogen and oxygen atoms in total. The third kappa shape index (κ3) is 3.88. The van der Waals surface area contributed by atoms with E-state index < -0.39 is 0 Å². The Labute approximate surface area is 120 Å². The van der Waals surface area contributed by atoms with Gasteiger partial charge in [0.25, 0.3) is 0 Å². The molecular weight excluding hydrogens is 310 g/mol. The highest BCUT2D eigenvalue weighted by molar-refractivity contribution is 9.10. The first-order valence-corrected chi connectivity index (χ1v) is 7.07. The molecule has 1 fully saturated rings. The van der Waals surface area contributed by atoms with Crippen LogP contribution in [0.3, 0.4) is 0 Å². The molecule has 0 amide bonds. The predicted molar refractivity (Wildman–Crippen MR) is 75.1 cm³/mol. The van der Waals surface area contributed by atoms with Crippen molar-refractivity contribution < 1.29 is 14.3 Å². The lowest BCUT2D eigenvalue weighted by molar-refractivity contribution is -0.144. The minimum atomic E-state index is -0.338. The van der Waals surface area contributed by atoms with Crippen LogP contribution in [0.5, 0.6) is 0 Å². The summed E-state index contributed by atoms with van der Waals surface area (Å²) in [6.45, 7) is 1.83. The molecular formula is C14H16BrNO3. The van der Waals surface area contributed by atoms with Crippen molar-refractivity contribution in [2.75, 3.05) is 6.61 Å². The lowest BCUT2D eigenvalue weighted by Crippen LogP contribution is -2.36. The van der Waals surface area contributed by atoms with Gasteiger partial charge in [0.15, 0.2) is 12.4 Å². The molecule has 0 bridgehead atoms. The van der Waals surface area contributed by atoms with Crippen LogP contribution in [0.1, 0.15) is 30.1 Å². The number of hydrogen-bond donors (Lipinski definition) is 1. The maximum absolute atomic E-state index is 11.8. The Kier molecular flexibility index (Phi) is 4.71. The van der Waals surface area contributed by atoms with Crippen LogP contribution in [0, 0.1) is 0 Å². The molecule has 1 saturated heterocycles. The van der Waals surface area contributed by atoms with Crippen molar-refractivity contribution >= 4 is 27.7 Å². The molecule has 1 N–H and O–H groups in total. The summed E-state index contributed by atoms with van der Waals surface area (Å²) < 4.78 is 5.97. The molecule has 0 unspecified atom stereocenters. The Bertz CT molecular complexity index is 472. The van der Waals surface area contributed by atoms with Gasteiger partial charge in [-0.1, -0.05) is 28.1 Å². The summed E-state index contributed by atoms with van der Waals surface area (Å²) in [7, 11) is 0. The van der Waals surface area contributed by atoms with Gasteiger partial charge in [-0.25, -0.2) is 0 Å². The van der Waals surface area contributed by atoms with Crippen LogP contribution in [0.25, 0.3) is 0 Å². The van der Waals surface area contributed by atoms with Crippen LogP contribution in [0.4, 0.5) is 0 Å². The first kappa shape index (κ1) is 14.2.